The van der Waals surface area contributed by atoms with Crippen molar-refractivity contribution in [2.24, 2.45) is 5.73 Å². The first-order valence-electron chi connectivity index (χ1n) is 6.21. The second kappa shape index (κ2) is 8.07. The molecule has 1 atom stereocenters. The third-order valence-corrected chi connectivity index (χ3v) is 3.55. The van der Waals surface area contributed by atoms with Gasteiger partial charge < -0.3 is 15.4 Å². The second-order valence-electron chi connectivity index (χ2n) is 4.43. The maximum Gasteiger partial charge on any atom is 0.239 e. The van der Waals surface area contributed by atoms with Crippen molar-refractivity contribution < 1.29 is 9.53 Å². The number of benzene rings is 1. The number of methoxy groups -OCH3 is 1. The number of carbonyl (C=O) groups is 1. The Hall–Kier alpha value is -1.20. The molecule has 5 heteroatoms. The minimum absolute atomic E-state index is 0.00938. The van der Waals surface area contributed by atoms with Crippen molar-refractivity contribution in [3.8, 4) is 5.75 Å². The summed E-state index contributed by atoms with van der Waals surface area (Å²) in [5.41, 5.74) is 6.94. The van der Waals surface area contributed by atoms with Crippen LogP contribution in [0.4, 0.5) is 0 Å². The first-order chi connectivity index (χ1) is 9.08. The molecule has 106 valence electrons. The third kappa shape index (κ3) is 5.12. The van der Waals surface area contributed by atoms with Gasteiger partial charge in [0.05, 0.1) is 13.2 Å². The molecule has 0 aromatic heterocycles. The smallest absolute Gasteiger partial charge is 0.239 e. The predicted octanol–water partition coefficient (Wildman–Crippen LogP) is 1.73. The Labute approximate surface area is 119 Å². The van der Waals surface area contributed by atoms with E-state index in [-0.39, 0.29) is 5.91 Å². The lowest BCUT2D eigenvalue weighted by molar-refractivity contribution is -0.131. The van der Waals surface area contributed by atoms with Crippen LogP contribution >= 0.6 is 11.8 Å². The minimum Gasteiger partial charge on any atom is -0.497 e. The van der Waals surface area contributed by atoms with Crippen molar-refractivity contribution in [1.29, 1.82) is 0 Å². The average Bonchev–Trinajstić information content (AvgIpc) is 2.44. The van der Waals surface area contributed by atoms with E-state index in [1.165, 1.54) is 0 Å². The molecular weight excluding hydrogens is 260 g/mol. The maximum absolute atomic E-state index is 12.0. The molecule has 0 saturated heterocycles. The molecule has 0 fully saturated rings. The topological polar surface area (TPSA) is 55.6 Å². The SMILES string of the molecule is COc1ccc(CN(C)C(=O)[C@H](N)CCSC)cc1. The van der Waals surface area contributed by atoms with E-state index >= 15 is 0 Å². The van der Waals surface area contributed by atoms with Crippen LogP contribution in [0.25, 0.3) is 0 Å². The van der Waals surface area contributed by atoms with Crippen LogP contribution in [0.1, 0.15) is 12.0 Å². The number of rotatable bonds is 7. The molecule has 1 aromatic rings. The summed E-state index contributed by atoms with van der Waals surface area (Å²) in [7, 11) is 3.42. The van der Waals surface area contributed by atoms with Gasteiger partial charge in [-0.05, 0) is 36.1 Å². The van der Waals surface area contributed by atoms with Gasteiger partial charge >= 0.3 is 0 Å². The predicted molar refractivity (Wildman–Crippen MR) is 80.4 cm³/mol. The van der Waals surface area contributed by atoms with Crippen LogP contribution in [0.2, 0.25) is 0 Å². The highest BCUT2D eigenvalue weighted by atomic mass is 32.2. The van der Waals surface area contributed by atoms with Crippen LogP contribution in [0.5, 0.6) is 5.75 Å². The molecule has 0 spiro atoms. The van der Waals surface area contributed by atoms with E-state index in [0.29, 0.717) is 13.0 Å². The van der Waals surface area contributed by atoms with Crippen molar-refractivity contribution in [1.82, 2.24) is 4.90 Å². The molecule has 0 aliphatic carbocycles. The Balaban J connectivity index is 2.52. The number of nitrogens with two attached hydrogens (primary N) is 1. The molecule has 0 radical (unpaired) electrons. The van der Waals surface area contributed by atoms with Crippen molar-refractivity contribution in [2.75, 3.05) is 26.2 Å². The van der Waals surface area contributed by atoms with Gasteiger partial charge in [-0.25, -0.2) is 0 Å². The van der Waals surface area contributed by atoms with Gasteiger partial charge in [0, 0.05) is 13.6 Å². The fourth-order valence-corrected chi connectivity index (χ4v) is 2.22. The highest BCUT2D eigenvalue weighted by Crippen LogP contribution is 2.13. The van der Waals surface area contributed by atoms with Crippen LogP contribution < -0.4 is 10.5 Å². The lowest BCUT2D eigenvalue weighted by Crippen LogP contribution is -2.41. The molecule has 1 amide bonds. The van der Waals surface area contributed by atoms with Crippen LogP contribution in [0, 0.1) is 0 Å². The first-order valence-corrected chi connectivity index (χ1v) is 7.60. The molecule has 1 rings (SSSR count). The number of likely N-dealkylation sites (N-methyl/N-ethyl adjacent to an activating group) is 1. The Bertz CT molecular complexity index is 395. The zero-order valence-electron chi connectivity index (χ0n) is 11.8. The normalized spacial score (nSPS) is 12.0. The summed E-state index contributed by atoms with van der Waals surface area (Å²) in [6.45, 7) is 0.565. The van der Waals surface area contributed by atoms with E-state index < -0.39 is 6.04 Å². The lowest BCUT2D eigenvalue weighted by Gasteiger charge is -2.21. The van der Waals surface area contributed by atoms with Gasteiger partial charge in [-0.2, -0.15) is 11.8 Å². The number of carbonyl (C=O) groups excluding carboxylic acids is 1. The van der Waals surface area contributed by atoms with Gasteiger partial charge in [0.25, 0.3) is 0 Å². The zero-order valence-corrected chi connectivity index (χ0v) is 12.6. The first kappa shape index (κ1) is 15.9. The fraction of sp³-hybridized carbons (Fsp3) is 0.500. The summed E-state index contributed by atoms with van der Waals surface area (Å²) in [5.74, 6) is 1.71. The van der Waals surface area contributed by atoms with Crippen LogP contribution in [0.15, 0.2) is 24.3 Å². The Kier molecular flexibility index (Phi) is 6.73. The van der Waals surface area contributed by atoms with Gasteiger partial charge in [-0.1, -0.05) is 12.1 Å². The molecule has 0 bridgehead atoms. The van der Waals surface area contributed by atoms with Crippen molar-refractivity contribution >= 4 is 17.7 Å². The molecular formula is C14H22N2O2S. The fourth-order valence-electron chi connectivity index (χ4n) is 1.73. The quantitative estimate of drug-likeness (QED) is 0.827. The Morgan fingerprint density at radius 3 is 2.58 bits per heavy atom. The number of hydrogen-bond donors (Lipinski definition) is 1. The van der Waals surface area contributed by atoms with Crippen molar-refractivity contribution in [3.63, 3.8) is 0 Å². The average molecular weight is 282 g/mol. The van der Waals surface area contributed by atoms with E-state index in [1.54, 1.807) is 30.8 Å². The molecule has 4 nitrogen and oxygen atoms in total. The molecule has 1 aromatic carbocycles. The zero-order chi connectivity index (χ0) is 14.3. The van der Waals surface area contributed by atoms with Crippen LogP contribution in [0.3, 0.4) is 0 Å². The van der Waals surface area contributed by atoms with Gasteiger partial charge in [0.15, 0.2) is 0 Å². The van der Waals surface area contributed by atoms with Gasteiger partial charge in [-0.3, -0.25) is 4.79 Å². The van der Waals surface area contributed by atoms with Gasteiger partial charge in [0.1, 0.15) is 5.75 Å². The van der Waals surface area contributed by atoms with E-state index in [2.05, 4.69) is 0 Å². The summed E-state index contributed by atoms with van der Waals surface area (Å²) in [4.78, 5) is 13.7. The number of nitrogens with zero attached hydrogens (tertiary/aromatic N) is 1. The summed E-state index contributed by atoms with van der Waals surface area (Å²) < 4.78 is 5.10. The number of amides is 1. The highest BCUT2D eigenvalue weighted by Gasteiger charge is 2.17. The molecule has 0 unspecified atom stereocenters. The van der Waals surface area contributed by atoms with Gasteiger partial charge in [-0.15, -0.1) is 0 Å². The number of ether oxygens (including phenoxy) is 1. The third-order valence-electron chi connectivity index (χ3n) is 2.91. The highest BCUT2D eigenvalue weighted by molar-refractivity contribution is 7.98. The molecule has 0 saturated carbocycles. The van der Waals surface area contributed by atoms with Gasteiger partial charge in [0.2, 0.25) is 5.91 Å². The minimum atomic E-state index is -0.407. The molecule has 19 heavy (non-hydrogen) atoms. The summed E-state index contributed by atoms with van der Waals surface area (Å²) in [6, 6.07) is 7.28. The molecule has 0 aliphatic heterocycles. The molecule has 0 aliphatic rings. The van der Waals surface area contributed by atoms with Crippen molar-refractivity contribution in [3.05, 3.63) is 29.8 Å². The standard InChI is InChI=1S/C14H22N2O2S/c1-16(14(17)13(15)8-9-19-3)10-11-4-6-12(18-2)7-5-11/h4-7,13H,8-10,15H2,1-3H3/t13-/m1/s1. The summed E-state index contributed by atoms with van der Waals surface area (Å²) in [6.07, 6.45) is 2.73. The molecule has 0 heterocycles. The molecule has 2 N–H and O–H groups in total. The van der Waals surface area contributed by atoms with Crippen molar-refractivity contribution in [2.45, 2.75) is 19.0 Å². The largest absolute Gasteiger partial charge is 0.497 e. The maximum atomic E-state index is 12.0. The number of thioether (sulfide) groups is 1. The van der Waals surface area contributed by atoms with Crippen LogP contribution in [-0.4, -0.2) is 43.0 Å². The Morgan fingerprint density at radius 1 is 1.42 bits per heavy atom. The second-order valence-corrected chi connectivity index (χ2v) is 5.42. The Morgan fingerprint density at radius 2 is 2.05 bits per heavy atom. The number of hydrogen-bond acceptors (Lipinski definition) is 4. The summed E-state index contributed by atoms with van der Waals surface area (Å²) in [5, 5.41) is 0. The van der Waals surface area contributed by atoms with Crippen LogP contribution in [-0.2, 0) is 11.3 Å². The van der Waals surface area contributed by atoms with E-state index in [0.717, 1.165) is 17.1 Å². The van der Waals surface area contributed by atoms with E-state index in [1.807, 2.05) is 30.5 Å². The summed E-state index contributed by atoms with van der Waals surface area (Å²) >= 11 is 1.70. The lowest BCUT2D eigenvalue weighted by atomic mass is 10.1. The monoisotopic (exact) mass is 282 g/mol. The van der Waals surface area contributed by atoms with E-state index in [4.69, 9.17) is 10.5 Å². The van der Waals surface area contributed by atoms with E-state index in [9.17, 15) is 4.79 Å².